The largest absolute Gasteiger partial charge is 0.395 e. The SMILES string of the molecule is CCN(CCO)C(=O)NCCc1cccc2ccccc12. The summed E-state index contributed by atoms with van der Waals surface area (Å²) in [5, 5.41) is 14.3. The maximum Gasteiger partial charge on any atom is 0.317 e. The number of rotatable bonds is 6. The van der Waals surface area contributed by atoms with Gasteiger partial charge >= 0.3 is 6.03 Å². The van der Waals surface area contributed by atoms with Gasteiger partial charge in [0.05, 0.1) is 6.61 Å². The van der Waals surface area contributed by atoms with E-state index in [4.69, 9.17) is 5.11 Å². The van der Waals surface area contributed by atoms with E-state index in [1.54, 1.807) is 4.90 Å². The molecule has 0 aliphatic heterocycles. The molecule has 0 aliphatic rings. The van der Waals surface area contributed by atoms with Crippen LogP contribution in [0.2, 0.25) is 0 Å². The van der Waals surface area contributed by atoms with Crippen LogP contribution in [0.25, 0.3) is 10.8 Å². The predicted molar refractivity (Wildman–Crippen MR) is 85.4 cm³/mol. The van der Waals surface area contributed by atoms with Crippen LogP contribution in [-0.4, -0.2) is 42.3 Å². The van der Waals surface area contributed by atoms with Crippen LogP contribution < -0.4 is 5.32 Å². The number of aliphatic hydroxyl groups excluding tert-OH is 1. The van der Waals surface area contributed by atoms with Crippen LogP contribution >= 0.6 is 0 Å². The molecular weight excluding hydrogens is 264 g/mol. The summed E-state index contributed by atoms with van der Waals surface area (Å²) in [7, 11) is 0. The molecule has 4 heteroatoms. The molecule has 0 heterocycles. The number of hydrogen-bond acceptors (Lipinski definition) is 2. The van der Waals surface area contributed by atoms with Crippen molar-refractivity contribution in [2.75, 3.05) is 26.2 Å². The first-order valence-corrected chi connectivity index (χ1v) is 7.36. The fourth-order valence-electron chi connectivity index (χ4n) is 2.45. The first kappa shape index (κ1) is 15.3. The summed E-state index contributed by atoms with van der Waals surface area (Å²) in [5.74, 6) is 0. The number of urea groups is 1. The molecule has 0 radical (unpaired) electrons. The van der Waals surface area contributed by atoms with Gasteiger partial charge in [0.25, 0.3) is 0 Å². The lowest BCUT2D eigenvalue weighted by atomic mass is 10.0. The maximum atomic E-state index is 11.9. The highest BCUT2D eigenvalue weighted by atomic mass is 16.3. The molecule has 112 valence electrons. The molecule has 0 aliphatic carbocycles. The van der Waals surface area contributed by atoms with Crippen molar-refractivity contribution in [3.63, 3.8) is 0 Å². The summed E-state index contributed by atoms with van der Waals surface area (Å²) in [5.41, 5.74) is 1.23. The number of carbonyl (C=O) groups excluding carboxylic acids is 1. The van der Waals surface area contributed by atoms with Crippen molar-refractivity contribution in [3.05, 3.63) is 48.0 Å². The molecule has 2 aromatic carbocycles. The van der Waals surface area contributed by atoms with E-state index in [2.05, 4.69) is 29.6 Å². The lowest BCUT2D eigenvalue weighted by molar-refractivity contribution is 0.180. The van der Waals surface area contributed by atoms with E-state index in [1.807, 2.05) is 25.1 Å². The molecule has 2 amide bonds. The van der Waals surface area contributed by atoms with Gasteiger partial charge in [-0.25, -0.2) is 4.79 Å². The molecule has 0 bridgehead atoms. The van der Waals surface area contributed by atoms with Crippen LogP contribution in [0.4, 0.5) is 4.79 Å². The van der Waals surface area contributed by atoms with Gasteiger partial charge in [-0.2, -0.15) is 0 Å². The topological polar surface area (TPSA) is 52.6 Å². The van der Waals surface area contributed by atoms with Gasteiger partial charge in [-0.05, 0) is 29.7 Å². The van der Waals surface area contributed by atoms with Crippen molar-refractivity contribution >= 4 is 16.8 Å². The zero-order chi connectivity index (χ0) is 15.1. The van der Waals surface area contributed by atoms with Gasteiger partial charge in [-0.1, -0.05) is 42.5 Å². The van der Waals surface area contributed by atoms with Crippen molar-refractivity contribution in [1.29, 1.82) is 0 Å². The minimum atomic E-state index is -0.119. The second kappa shape index (κ2) is 7.64. The van der Waals surface area contributed by atoms with Gasteiger partial charge in [0.15, 0.2) is 0 Å². The highest BCUT2D eigenvalue weighted by Gasteiger charge is 2.09. The van der Waals surface area contributed by atoms with E-state index in [-0.39, 0.29) is 12.6 Å². The molecule has 0 saturated carbocycles. The summed E-state index contributed by atoms with van der Waals surface area (Å²) in [6.45, 7) is 3.45. The predicted octanol–water partition coefficient (Wildman–Crippen LogP) is 2.41. The number of fused-ring (bicyclic) bond motifs is 1. The summed E-state index contributed by atoms with van der Waals surface area (Å²) in [4.78, 5) is 13.5. The van der Waals surface area contributed by atoms with E-state index in [0.717, 1.165) is 6.42 Å². The van der Waals surface area contributed by atoms with Crippen LogP contribution in [-0.2, 0) is 6.42 Å². The summed E-state index contributed by atoms with van der Waals surface area (Å²) >= 11 is 0. The number of benzene rings is 2. The van der Waals surface area contributed by atoms with Gasteiger partial charge in [-0.3, -0.25) is 0 Å². The number of nitrogens with one attached hydrogen (secondary N) is 1. The maximum absolute atomic E-state index is 11.9. The van der Waals surface area contributed by atoms with Crippen LogP contribution in [0.5, 0.6) is 0 Å². The molecular formula is C17H22N2O2. The number of hydrogen-bond donors (Lipinski definition) is 2. The number of amides is 2. The van der Waals surface area contributed by atoms with Crippen LogP contribution in [0, 0.1) is 0 Å². The van der Waals surface area contributed by atoms with E-state index >= 15 is 0 Å². The Kier molecular flexibility index (Phi) is 5.58. The van der Waals surface area contributed by atoms with Crippen LogP contribution in [0.1, 0.15) is 12.5 Å². The molecule has 2 N–H and O–H groups in total. The molecule has 0 atom stereocenters. The zero-order valence-electron chi connectivity index (χ0n) is 12.4. The molecule has 0 saturated heterocycles. The van der Waals surface area contributed by atoms with Crippen molar-refractivity contribution < 1.29 is 9.90 Å². The van der Waals surface area contributed by atoms with Gasteiger partial charge in [0, 0.05) is 19.6 Å². The molecule has 2 aromatic rings. The Bertz CT molecular complexity index is 593. The Morgan fingerprint density at radius 2 is 1.95 bits per heavy atom. The van der Waals surface area contributed by atoms with Gasteiger partial charge in [0.1, 0.15) is 0 Å². The quantitative estimate of drug-likeness (QED) is 0.857. The lowest BCUT2D eigenvalue weighted by Crippen LogP contribution is -2.42. The van der Waals surface area contributed by atoms with Crippen molar-refractivity contribution in [1.82, 2.24) is 10.2 Å². The van der Waals surface area contributed by atoms with E-state index in [9.17, 15) is 4.79 Å². The Labute approximate surface area is 125 Å². The zero-order valence-corrected chi connectivity index (χ0v) is 12.4. The van der Waals surface area contributed by atoms with Gasteiger partial charge < -0.3 is 15.3 Å². The Hall–Kier alpha value is -2.07. The average molecular weight is 286 g/mol. The fraction of sp³-hybridized carbons (Fsp3) is 0.353. The minimum absolute atomic E-state index is 0.00934. The van der Waals surface area contributed by atoms with Gasteiger partial charge in [-0.15, -0.1) is 0 Å². The second-order valence-corrected chi connectivity index (χ2v) is 4.92. The Balaban J connectivity index is 1.95. The molecule has 21 heavy (non-hydrogen) atoms. The third kappa shape index (κ3) is 3.95. The van der Waals surface area contributed by atoms with Gasteiger partial charge in [0.2, 0.25) is 0 Å². The first-order chi connectivity index (χ1) is 10.3. The normalized spacial score (nSPS) is 10.6. The smallest absolute Gasteiger partial charge is 0.317 e. The Morgan fingerprint density at radius 1 is 1.19 bits per heavy atom. The third-order valence-electron chi connectivity index (χ3n) is 3.59. The molecule has 0 aromatic heterocycles. The lowest BCUT2D eigenvalue weighted by Gasteiger charge is -2.20. The van der Waals surface area contributed by atoms with E-state index in [0.29, 0.717) is 19.6 Å². The highest BCUT2D eigenvalue weighted by molar-refractivity contribution is 5.85. The highest BCUT2D eigenvalue weighted by Crippen LogP contribution is 2.18. The second-order valence-electron chi connectivity index (χ2n) is 4.92. The van der Waals surface area contributed by atoms with E-state index < -0.39 is 0 Å². The molecule has 4 nitrogen and oxygen atoms in total. The van der Waals surface area contributed by atoms with E-state index in [1.165, 1.54) is 16.3 Å². The Morgan fingerprint density at radius 3 is 2.71 bits per heavy atom. The van der Waals surface area contributed by atoms with Crippen molar-refractivity contribution in [2.24, 2.45) is 0 Å². The molecule has 2 rings (SSSR count). The average Bonchev–Trinajstić information content (AvgIpc) is 2.52. The number of likely N-dealkylation sites (N-methyl/N-ethyl adjacent to an activating group) is 1. The summed E-state index contributed by atoms with van der Waals surface area (Å²) < 4.78 is 0. The van der Waals surface area contributed by atoms with Crippen molar-refractivity contribution in [3.8, 4) is 0 Å². The van der Waals surface area contributed by atoms with Crippen molar-refractivity contribution in [2.45, 2.75) is 13.3 Å². The summed E-state index contributed by atoms with van der Waals surface area (Å²) in [6, 6.07) is 14.4. The van der Waals surface area contributed by atoms with Crippen LogP contribution in [0.15, 0.2) is 42.5 Å². The number of carbonyl (C=O) groups is 1. The van der Waals surface area contributed by atoms with Crippen LogP contribution in [0.3, 0.4) is 0 Å². The number of nitrogens with zero attached hydrogens (tertiary/aromatic N) is 1. The molecule has 0 fully saturated rings. The molecule has 0 spiro atoms. The third-order valence-corrected chi connectivity index (χ3v) is 3.59. The number of aliphatic hydroxyl groups is 1. The fourth-order valence-corrected chi connectivity index (χ4v) is 2.45. The summed E-state index contributed by atoms with van der Waals surface area (Å²) in [6.07, 6.45) is 0.795. The standard InChI is InChI=1S/C17H22N2O2/c1-2-19(12-13-20)17(21)18-11-10-15-8-5-7-14-6-3-4-9-16(14)15/h3-9,20H,2,10-13H2,1H3,(H,18,21). The monoisotopic (exact) mass is 286 g/mol. The first-order valence-electron chi connectivity index (χ1n) is 7.36. The minimum Gasteiger partial charge on any atom is -0.395 e. The molecule has 0 unspecified atom stereocenters.